The highest BCUT2D eigenvalue weighted by Gasteiger charge is 2.19. The number of carbonyl (C=O) groups excluding carboxylic acids is 1. The van der Waals surface area contributed by atoms with E-state index in [0.29, 0.717) is 6.42 Å². The van der Waals surface area contributed by atoms with Crippen molar-refractivity contribution in [3.8, 4) is 5.75 Å². The number of hydrogen-bond donors (Lipinski definition) is 3. The maximum absolute atomic E-state index is 11.5. The number of carbonyl (C=O) groups is 2. The molecule has 0 saturated carbocycles. The lowest BCUT2D eigenvalue weighted by atomic mass is 10.1. The lowest BCUT2D eigenvalue weighted by Gasteiger charge is -2.13. The highest BCUT2D eigenvalue weighted by molar-refractivity contribution is 5.91. The normalized spacial score (nSPS) is 12.3. The van der Waals surface area contributed by atoms with Gasteiger partial charge in [0.2, 0.25) is 5.91 Å². The van der Waals surface area contributed by atoms with Gasteiger partial charge in [0.25, 0.3) is 0 Å². The van der Waals surface area contributed by atoms with Crippen LogP contribution in [0.25, 0.3) is 0 Å². The zero-order valence-electron chi connectivity index (χ0n) is 10.7. The van der Waals surface area contributed by atoms with Crippen LogP contribution in [0, 0.1) is 0 Å². The summed E-state index contributed by atoms with van der Waals surface area (Å²) in [6.45, 7) is 1.88. The van der Waals surface area contributed by atoms with Crippen molar-refractivity contribution in [2.24, 2.45) is 0 Å². The summed E-state index contributed by atoms with van der Waals surface area (Å²) in [5.74, 6) is -1.40. The number of carboxylic acids is 1. The number of allylic oxidation sites excluding steroid dienone is 1. The van der Waals surface area contributed by atoms with Gasteiger partial charge in [0, 0.05) is 6.42 Å². The molecule has 1 rings (SSSR count). The minimum absolute atomic E-state index is 0.116. The third kappa shape index (κ3) is 5.25. The first kappa shape index (κ1) is 14.8. The fraction of sp³-hybridized carbons (Fsp3) is 0.286. The molecule has 102 valence electrons. The molecule has 0 aliphatic carbocycles. The van der Waals surface area contributed by atoms with Gasteiger partial charge < -0.3 is 15.5 Å². The number of aromatic hydroxyl groups is 1. The average Bonchev–Trinajstić information content (AvgIpc) is 2.38. The number of phenols is 1. The zero-order chi connectivity index (χ0) is 14.3. The second-order valence-electron chi connectivity index (χ2n) is 4.08. The fourth-order valence-corrected chi connectivity index (χ4v) is 1.51. The molecule has 0 bridgehead atoms. The van der Waals surface area contributed by atoms with E-state index in [9.17, 15) is 9.59 Å². The summed E-state index contributed by atoms with van der Waals surface area (Å²) in [5, 5.41) is 20.6. The van der Waals surface area contributed by atoms with E-state index in [-0.39, 0.29) is 12.2 Å². The van der Waals surface area contributed by atoms with E-state index >= 15 is 0 Å². The average molecular weight is 263 g/mol. The maximum atomic E-state index is 11.5. The smallest absolute Gasteiger partial charge is 0.326 e. The van der Waals surface area contributed by atoms with E-state index < -0.39 is 17.9 Å². The van der Waals surface area contributed by atoms with Gasteiger partial charge in [-0.2, -0.15) is 0 Å². The Labute approximate surface area is 111 Å². The Kier molecular flexibility index (Phi) is 5.60. The Morgan fingerprint density at radius 3 is 2.47 bits per heavy atom. The number of amides is 1. The van der Waals surface area contributed by atoms with Crippen LogP contribution in [0.3, 0.4) is 0 Å². The number of hydrogen-bond acceptors (Lipinski definition) is 3. The van der Waals surface area contributed by atoms with Gasteiger partial charge in [0.15, 0.2) is 0 Å². The number of benzene rings is 1. The standard InChI is InChI=1S/C14H17NO4/c1-2-3-4-13(17)15-12(14(18)19)9-10-5-7-11(16)8-6-10/h3-8,12,16H,2,9H2,1H3,(H,15,17)(H,18,19)/t12-/m0/s1. The second-order valence-corrected chi connectivity index (χ2v) is 4.08. The summed E-state index contributed by atoms with van der Waals surface area (Å²) in [4.78, 5) is 22.6. The lowest BCUT2D eigenvalue weighted by Crippen LogP contribution is -2.41. The number of phenolic OH excluding ortho intramolecular Hbond substituents is 1. The van der Waals surface area contributed by atoms with Crippen molar-refractivity contribution in [3.05, 3.63) is 42.0 Å². The fourth-order valence-electron chi connectivity index (χ4n) is 1.51. The molecule has 0 saturated heterocycles. The van der Waals surface area contributed by atoms with Crippen molar-refractivity contribution in [2.45, 2.75) is 25.8 Å². The minimum atomic E-state index is -1.09. The molecular weight excluding hydrogens is 246 g/mol. The van der Waals surface area contributed by atoms with Crippen LogP contribution in [0.2, 0.25) is 0 Å². The quantitative estimate of drug-likeness (QED) is 0.678. The van der Waals surface area contributed by atoms with E-state index in [2.05, 4.69) is 5.32 Å². The van der Waals surface area contributed by atoms with Gasteiger partial charge in [-0.3, -0.25) is 4.79 Å². The molecular formula is C14H17NO4. The number of carboxylic acid groups (broad SMARTS) is 1. The van der Waals surface area contributed by atoms with Crippen LogP contribution in [0.5, 0.6) is 5.75 Å². The topological polar surface area (TPSA) is 86.6 Å². The molecule has 1 amide bonds. The van der Waals surface area contributed by atoms with Crippen molar-refractivity contribution >= 4 is 11.9 Å². The zero-order valence-corrected chi connectivity index (χ0v) is 10.7. The van der Waals surface area contributed by atoms with Gasteiger partial charge in [0.05, 0.1) is 0 Å². The molecule has 5 nitrogen and oxygen atoms in total. The maximum Gasteiger partial charge on any atom is 0.326 e. The van der Waals surface area contributed by atoms with Crippen LogP contribution >= 0.6 is 0 Å². The van der Waals surface area contributed by atoms with Gasteiger partial charge in [-0.1, -0.05) is 25.1 Å². The van der Waals surface area contributed by atoms with Crippen LogP contribution < -0.4 is 5.32 Å². The van der Waals surface area contributed by atoms with Crippen LogP contribution in [0.15, 0.2) is 36.4 Å². The SMILES string of the molecule is CCC=CC(=O)N[C@@H](Cc1ccc(O)cc1)C(=O)O. The summed E-state index contributed by atoms with van der Waals surface area (Å²) in [6, 6.07) is 5.22. The summed E-state index contributed by atoms with van der Waals surface area (Å²) in [7, 11) is 0. The van der Waals surface area contributed by atoms with Gasteiger partial charge in [0.1, 0.15) is 11.8 Å². The van der Waals surface area contributed by atoms with Gasteiger partial charge in [-0.05, 0) is 30.2 Å². The molecule has 5 heteroatoms. The molecule has 0 unspecified atom stereocenters. The van der Waals surface area contributed by atoms with Crippen molar-refractivity contribution in [1.82, 2.24) is 5.32 Å². The number of rotatable bonds is 6. The van der Waals surface area contributed by atoms with E-state index in [1.807, 2.05) is 6.92 Å². The minimum Gasteiger partial charge on any atom is -0.508 e. The molecule has 0 aliphatic rings. The van der Waals surface area contributed by atoms with Crippen molar-refractivity contribution < 1.29 is 19.8 Å². The monoisotopic (exact) mass is 263 g/mol. The Hall–Kier alpha value is -2.30. The van der Waals surface area contributed by atoms with Gasteiger partial charge in [-0.15, -0.1) is 0 Å². The first-order chi connectivity index (χ1) is 9.02. The molecule has 0 spiro atoms. The summed E-state index contributed by atoms with van der Waals surface area (Å²) >= 11 is 0. The molecule has 1 aromatic rings. The van der Waals surface area contributed by atoms with E-state index in [4.69, 9.17) is 10.2 Å². The lowest BCUT2D eigenvalue weighted by molar-refractivity contribution is -0.141. The third-order valence-electron chi connectivity index (χ3n) is 2.50. The van der Waals surface area contributed by atoms with Crippen LogP contribution in [-0.2, 0) is 16.0 Å². The van der Waals surface area contributed by atoms with E-state index in [1.54, 1.807) is 18.2 Å². The number of aliphatic carboxylic acids is 1. The predicted octanol–water partition coefficient (Wildman–Crippen LogP) is 1.47. The van der Waals surface area contributed by atoms with Crippen LogP contribution in [0.1, 0.15) is 18.9 Å². The molecule has 0 fully saturated rings. The van der Waals surface area contributed by atoms with Crippen molar-refractivity contribution in [2.75, 3.05) is 0 Å². The Morgan fingerprint density at radius 2 is 1.95 bits per heavy atom. The predicted molar refractivity (Wildman–Crippen MR) is 70.8 cm³/mol. The van der Waals surface area contributed by atoms with Crippen LogP contribution in [0.4, 0.5) is 0 Å². The van der Waals surface area contributed by atoms with Crippen molar-refractivity contribution in [3.63, 3.8) is 0 Å². The molecule has 3 N–H and O–H groups in total. The summed E-state index contributed by atoms with van der Waals surface area (Å²) < 4.78 is 0. The summed E-state index contributed by atoms with van der Waals surface area (Å²) in [5.41, 5.74) is 0.727. The molecule has 19 heavy (non-hydrogen) atoms. The highest BCUT2D eigenvalue weighted by atomic mass is 16.4. The van der Waals surface area contributed by atoms with Gasteiger partial charge in [-0.25, -0.2) is 4.79 Å². The van der Waals surface area contributed by atoms with Crippen molar-refractivity contribution in [1.29, 1.82) is 0 Å². The Morgan fingerprint density at radius 1 is 1.32 bits per heavy atom. The summed E-state index contributed by atoms with van der Waals surface area (Å²) in [6.07, 6.45) is 3.87. The largest absolute Gasteiger partial charge is 0.508 e. The Balaban J connectivity index is 2.68. The molecule has 0 aliphatic heterocycles. The first-order valence-corrected chi connectivity index (χ1v) is 6.00. The van der Waals surface area contributed by atoms with E-state index in [0.717, 1.165) is 5.56 Å². The first-order valence-electron chi connectivity index (χ1n) is 6.00. The third-order valence-corrected chi connectivity index (χ3v) is 2.50. The Bertz CT molecular complexity index is 465. The second kappa shape index (κ2) is 7.20. The van der Waals surface area contributed by atoms with Gasteiger partial charge >= 0.3 is 5.97 Å². The molecule has 1 aromatic carbocycles. The van der Waals surface area contributed by atoms with Crippen LogP contribution in [-0.4, -0.2) is 28.1 Å². The molecule has 0 radical (unpaired) electrons. The van der Waals surface area contributed by atoms with E-state index in [1.165, 1.54) is 18.2 Å². The highest BCUT2D eigenvalue weighted by Crippen LogP contribution is 2.11. The molecule has 0 aromatic heterocycles. The number of nitrogens with one attached hydrogen (secondary N) is 1. The molecule has 0 heterocycles. The molecule has 1 atom stereocenters.